The molecule has 0 aromatic heterocycles. The van der Waals surface area contributed by atoms with Crippen molar-refractivity contribution in [1.82, 2.24) is 5.32 Å². The van der Waals surface area contributed by atoms with Crippen LogP contribution in [0, 0.1) is 12.7 Å². The van der Waals surface area contributed by atoms with Gasteiger partial charge in [-0.05, 0) is 43.0 Å². The highest BCUT2D eigenvalue weighted by Gasteiger charge is 2.20. The number of hydrogen-bond acceptors (Lipinski definition) is 2. The lowest BCUT2D eigenvalue weighted by Crippen LogP contribution is -2.31. The van der Waals surface area contributed by atoms with E-state index in [0.717, 1.165) is 6.42 Å². The highest BCUT2D eigenvalue weighted by atomic mass is 19.1. The molecule has 4 nitrogen and oxygen atoms in total. The Morgan fingerprint density at radius 3 is 2.32 bits per heavy atom. The smallest absolute Gasteiger partial charge is 0.312 e. The fraction of sp³-hybridized carbons (Fsp3) is 0.300. The molecular formula is C20H22FNO3. The summed E-state index contributed by atoms with van der Waals surface area (Å²) in [6.07, 6.45) is 1.83. The lowest BCUT2D eigenvalue weighted by Gasteiger charge is -2.14. The maximum Gasteiger partial charge on any atom is 0.312 e. The highest BCUT2D eigenvalue weighted by molar-refractivity contribution is 5.79. The largest absolute Gasteiger partial charge is 0.481 e. The Morgan fingerprint density at radius 1 is 1.08 bits per heavy atom. The predicted octanol–water partition coefficient (Wildman–Crippen LogP) is 3.44. The van der Waals surface area contributed by atoms with Crippen molar-refractivity contribution in [2.45, 2.75) is 32.1 Å². The van der Waals surface area contributed by atoms with Gasteiger partial charge in [-0.3, -0.25) is 9.59 Å². The van der Waals surface area contributed by atoms with E-state index in [4.69, 9.17) is 0 Å². The standard InChI is InChI=1S/C20H22FNO3/c1-14-5-7-15(8-6-14)3-2-4-19(23)22-13-18(20(24)25)16-9-11-17(21)12-10-16/h5-12,18H,2-4,13H2,1H3,(H,22,23)(H,24,25). The van der Waals surface area contributed by atoms with Gasteiger partial charge in [0, 0.05) is 13.0 Å². The molecule has 0 heterocycles. The molecule has 2 rings (SSSR count). The van der Waals surface area contributed by atoms with Crippen LogP contribution in [0.2, 0.25) is 0 Å². The highest BCUT2D eigenvalue weighted by Crippen LogP contribution is 2.16. The second kappa shape index (κ2) is 8.97. The molecule has 5 heteroatoms. The average molecular weight is 343 g/mol. The summed E-state index contributed by atoms with van der Waals surface area (Å²) >= 11 is 0. The first-order valence-corrected chi connectivity index (χ1v) is 8.26. The fourth-order valence-electron chi connectivity index (χ4n) is 2.55. The average Bonchev–Trinajstić information content (AvgIpc) is 2.58. The van der Waals surface area contributed by atoms with Gasteiger partial charge in [-0.2, -0.15) is 0 Å². The summed E-state index contributed by atoms with van der Waals surface area (Å²) in [6.45, 7) is 2.02. The molecule has 2 N–H and O–H groups in total. The van der Waals surface area contributed by atoms with Crippen molar-refractivity contribution in [2.75, 3.05) is 6.54 Å². The molecule has 0 saturated carbocycles. The van der Waals surface area contributed by atoms with Crippen LogP contribution in [-0.4, -0.2) is 23.5 Å². The van der Waals surface area contributed by atoms with Crippen LogP contribution in [0.1, 0.15) is 35.4 Å². The zero-order valence-corrected chi connectivity index (χ0v) is 14.2. The van der Waals surface area contributed by atoms with Gasteiger partial charge in [0.25, 0.3) is 0 Å². The van der Waals surface area contributed by atoms with Crippen LogP contribution in [0.25, 0.3) is 0 Å². The number of hydrogen-bond donors (Lipinski definition) is 2. The number of amides is 1. The third-order valence-electron chi connectivity index (χ3n) is 4.06. The minimum atomic E-state index is -1.05. The second-order valence-electron chi connectivity index (χ2n) is 6.09. The van der Waals surface area contributed by atoms with Crippen LogP contribution >= 0.6 is 0 Å². The molecule has 2 aromatic rings. The number of aliphatic carboxylic acids is 1. The molecule has 132 valence electrons. The van der Waals surface area contributed by atoms with Crippen molar-refractivity contribution < 1.29 is 19.1 Å². The third kappa shape index (κ3) is 6.03. The number of rotatable bonds is 8. The van der Waals surface area contributed by atoms with Crippen LogP contribution in [0.15, 0.2) is 48.5 Å². The van der Waals surface area contributed by atoms with E-state index in [0.29, 0.717) is 18.4 Å². The Labute approximate surface area is 146 Å². The number of nitrogens with one attached hydrogen (secondary N) is 1. The van der Waals surface area contributed by atoms with Crippen LogP contribution in [0.5, 0.6) is 0 Å². The van der Waals surface area contributed by atoms with E-state index in [1.807, 2.05) is 31.2 Å². The Bertz CT molecular complexity index is 711. The van der Waals surface area contributed by atoms with Gasteiger partial charge in [-0.1, -0.05) is 42.0 Å². The molecule has 2 aromatic carbocycles. The Kier molecular flexibility index (Phi) is 6.69. The number of carbonyl (C=O) groups is 2. The maximum absolute atomic E-state index is 12.9. The Balaban J connectivity index is 1.79. The summed E-state index contributed by atoms with van der Waals surface area (Å²) in [4.78, 5) is 23.3. The molecule has 25 heavy (non-hydrogen) atoms. The molecule has 0 aliphatic rings. The van der Waals surface area contributed by atoms with Crippen LogP contribution in [-0.2, 0) is 16.0 Å². The van der Waals surface area contributed by atoms with Crippen molar-refractivity contribution in [1.29, 1.82) is 0 Å². The Morgan fingerprint density at radius 2 is 1.72 bits per heavy atom. The van der Waals surface area contributed by atoms with Gasteiger partial charge < -0.3 is 10.4 Å². The van der Waals surface area contributed by atoms with E-state index >= 15 is 0 Å². The third-order valence-corrected chi connectivity index (χ3v) is 4.06. The van der Waals surface area contributed by atoms with Gasteiger partial charge in [-0.25, -0.2) is 4.39 Å². The first-order valence-electron chi connectivity index (χ1n) is 8.26. The van der Waals surface area contributed by atoms with Gasteiger partial charge in [0.05, 0.1) is 5.92 Å². The first-order chi connectivity index (χ1) is 12.0. The molecule has 0 bridgehead atoms. The van der Waals surface area contributed by atoms with Gasteiger partial charge in [0.2, 0.25) is 5.91 Å². The molecule has 1 amide bonds. The lowest BCUT2D eigenvalue weighted by molar-refractivity contribution is -0.138. The zero-order chi connectivity index (χ0) is 18.2. The van der Waals surface area contributed by atoms with E-state index in [1.54, 1.807) is 0 Å². The van der Waals surface area contributed by atoms with E-state index in [-0.39, 0.29) is 12.5 Å². The summed E-state index contributed by atoms with van der Waals surface area (Å²) < 4.78 is 12.9. The van der Waals surface area contributed by atoms with E-state index < -0.39 is 17.7 Å². The number of benzene rings is 2. The van der Waals surface area contributed by atoms with Gasteiger partial charge in [0.1, 0.15) is 5.82 Å². The molecular weight excluding hydrogens is 321 g/mol. The maximum atomic E-state index is 12.9. The number of carbonyl (C=O) groups excluding carboxylic acids is 1. The Hall–Kier alpha value is -2.69. The van der Waals surface area contributed by atoms with Crippen molar-refractivity contribution in [3.05, 3.63) is 71.0 Å². The van der Waals surface area contributed by atoms with Crippen molar-refractivity contribution >= 4 is 11.9 Å². The molecule has 0 saturated heterocycles. The summed E-state index contributed by atoms with van der Waals surface area (Å²) in [6, 6.07) is 13.5. The van der Waals surface area contributed by atoms with Gasteiger partial charge in [0.15, 0.2) is 0 Å². The summed E-state index contributed by atoms with van der Waals surface area (Å²) in [5.41, 5.74) is 2.84. The molecule has 0 spiro atoms. The molecule has 1 atom stereocenters. The van der Waals surface area contributed by atoms with Gasteiger partial charge in [-0.15, -0.1) is 0 Å². The van der Waals surface area contributed by atoms with Crippen LogP contribution < -0.4 is 5.32 Å². The quantitative estimate of drug-likeness (QED) is 0.771. The minimum absolute atomic E-state index is 0.00959. The second-order valence-corrected chi connectivity index (χ2v) is 6.09. The molecule has 1 unspecified atom stereocenters. The van der Waals surface area contributed by atoms with Crippen LogP contribution in [0.4, 0.5) is 4.39 Å². The SMILES string of the molecule is Cc1ccc(CCCC(=O)NCC(C(=O)O)c2ccc(F)cc2)cc1. The normalized spacial score (nSPS) is 11.8. The molecule has 0 fully saturated rings. The number of halogens is 1. The predicted molar refractivity (Wildman–Crippen MR) is 93.9 cm³/mol. The van der Waals surface area contributed by atoms with E-state index in [2.05, 4.69) is 5.32 Å². The van der Waals surface area contributed by atoms with Crippen molar-refractivity contribution in [3.63, 3.8) is 0 Å². The summed E-state index contributed by atoms with van der Waals surface area (Å²) in [5, 5.41) is 12.0. The molecule has 0 aliphatic heterocycles. The monoisotopic (exact) mass is 343 g/mol. The van der Waals surface area contributed by atoms with Gasteiger partial charge >= 0.3 is 5.97 Å². The molecule has 0 aliphatic carbocycles. The fourth-order valence-corrected chi connectivity index (χ4v) is 2.55. The zero-order valence-electron chi connectivity index (χ0n) is 14.2. The van der Waals surface area contributed by atoms with E-state index in [9.17, 15) is 19.1 Å². The number of aryl methyl sites for hydroxylation is 2. The molecule has 0 radical (unpaired) electrons. The van der Waals surface area contributed by atoms with Crippen molar-refractivity contribution in [2.24, 2.45) is 0 Å². The topological polar surface area (TPSA) is 66.4 Å². The van der Waals surface area contributed by atoms with Crippen LogP contribution in [0.3, 0.4) is 0 Å². The minimum Gasteiger partial charge on any atom is -0.481 e. The van der Waals surface area contributed by atoms with E-state index in [1.165, 1.54) is 35.4 Å². The summed E-state index contributed by atoms with van der Waals surface area (Å²) in [7, 11) is 0. The number of carboxylic acids is 1. The number of carboxylic acid groups (broad SMARTS) is 1. The summed E-state index contributed by atoms with van der Waals surface area (Å²) in [5.74, 6) is -2.54. The van der Waals surface area contributed by atoms with Crippen molar-refractivity contribution in [3.8, 4) is 0 Å². The first kappa shape index (κ1) is 18.6. The lowest BCUT2D eigenvalue weighted by atomic mass is 9.99.